The highest BCUT2D eigenvalue weighted by Gasteiger charge is 1.70. The highest BCUT2D eigenvalue weighted by atomic mass is 31.3. The van der Waals surface area contributed by atoms with Crippen LogP contribution in [0.4, 0.5) is 0 Å². The Morgan fingerprint density at radius 1 is 2.00 bits per heavy atom. The zero-order chi connectivity index (χ0) is 4.28. The summed E-state index contributed by atoms with van der Waals surface area (Å²) in [5.74, 6) is 0. The Balaban J connectivity index is 2.85. The Hall–Kier alpha value is 0.117. The first-order valence-electron chi connectivity index (χ1n) is 1.04. The molecule has 0 bridgehead atoms. The Morgan fingerprint density at radius 3 is 2.20 bits per heavy atom. The molecule has 5 heavy (non-hydrogen) atoms. The van der Waals surface area contributed by atoms with E-state index < -0.39 is 0 Å². The molecule has 0 aromatic carbocycles. The summed E-state index contributed by atoms with van der Waals surface area (Å²) < 4.78 is 0. The summed E-state index contributed by atoms with van der Waals surface area (Å²) in [5.41, 5.74) is 5.03. The van der Waals surface area contributed by atoms with Crippen molar-refractivity contribution in [3.8, 4) is 0 Å². The van der Waals surface area contributed by atoms with Crippen molar-refractivity contribution in [3.63, 3.8) is 0 Å². The van der Waals surface area contributed by atoms with Crippen LogP contribution in [0.15, 0.2) is 0 Å². The summed E-state index contributed by atoms with van der Waals surface area (Å²) in [5, 5.41) is 6.48. The third-order valence-electron chi connectivity index (χ3n) is 0.135. The number of hydrogen-bond donors (Lipinski definition) is 2. The van der Waals surface area contributed by atoms with Crippen LogP contribution in [-0.2, 0) is 0 Å². The number of nitrogens with two attached hydrogens (primary N) is 1. The number of rotatable bonds is 1. The Labute approximate surface area is 35.7 Å². The van der Waals surface area contributed by atoms with Crippen LogP contribution >= 0.6 is 8.13 Å². The summed E-state index contributed by atoms with van der Waals surface area (Å²) in [4.78, 5) is 0. The van der Waals surface area contributed by atoms with Crippen LogP contribution in [0.25, 0.3) is 0 Å². The second-order valence-electron chi connectivity index (χ2n) is 0.539. The van der Waals surface area contributed by atoms with Gasteiger partial charge in [-0.1, -0.05) is 8.13 Å². The van der Waals surface area contributed by atoms with Gasteiger partial charge in [-0.05, 0) is 0 Å². The van der Waals surface area contributed by atoms with E-state index in [9.17, 15) is 0 Å². The fourth-order valence-corrected chi connectivity index (χ4v) is 0. The predicted molar refractivity (Wildman–Crippen MR) is 26.0 cm³/mol. The molecule has 0 aliphatic carbocycles. The van der Waals surface area contributed by atoms with Gasteiger partial charge in [-0.15, -0.1) is 0 Å². The van der Waals surface area contributed by atoms with E-state index in [1.54, 1.807) is 0 Å². The van der Waals surface area contributed by atoms with Crippen molar-refractivity contribution in [1.82, 2.24) is 0 Å². The van der Waals surface area contributed by atoms with Crippen molar-refractivity contribution < 1.29 is 0 Å². The van der Waals surface area contributed by atoms with Crippen LogP contribution < -0.4 is 5.73 Å². The van der Waals surface area contributed by atoms with Gasteiger partial charge < -0.3 is 5.73 Å². The third-order valence-corrected chi connectivity index (χ3v) is 1.21. The molecule has 27 valence electrons. The lowest BCUT2D eigenvalue weighted by atomic mass is 11.4. The van der Waals surface area contributed by atoms with E-state index in [-0.39, 0.29) is 13.7 Å². The van der Waals surface area contributed by atoms with E-state index in [1.807, 2.05) is 0 Å². The molecule has 1 unspecified atom stereocenters. The van der Waals surface area contributed by atoms with Gasteiger partial charge in [0.1, 0.15) is 5.58 Å². The second-order valence-corrected chi connectivity index (χ2v) is 2.08. The van der Waals surface area contributed by atoms with E-state index in [2.05, 4.69) is 9.91 Å². The first-order valence-corrected chi connectivity index (χ1v) is 3.54. The summed E-state index contributed by atoms with van der Waals surface area (Å²) >= 11 is 0. The fraction of sp³-hybridized carbons (Fsp3) is 0. The van der Waals surface area contributed by atoms with Crippen molar-refractivity contribution >= 4 is 23.6 Å². The van der Waals surface area contributed by atoms with Gasteiger partial charge in [0.05, 0.1) is 9.91 Å². The second kappa shape index (κ2) is 2.36. The molecule has 0 heterocycles. The standard InChI is InChI=1S/CH4N2PSi/c2-1(3)4-5/h4H,(H3,2,3). The van der Waals surface area contributed by atoms with Crippen LogP contribution in [-0.4, -0.2) is 15.5 Å². The zero-order valence-electron chi connectivity index (χ0n) is 2.58. The lowest BCUT2D eigenvalue weighted by Crippen LogP contribution is -1.99. The minimum Gasteiger partial charge on any atom is -0.385 e. The molecule has 0 aromatic rings. The average molecular weight is 103 g/mol. The summed E-state index contributed by atoms with van der Waals surface area (Å²) in [6.45, 7) is 0. The first kappa shape index (κ1) is 5.12. The molecular weight excluding hydrogens is 99.1 g/mol. The lowest BCUT2D eigenvalue weighted by Gasteiger charge is -1.79. The highest BCUT2D eigenvalue weighted by molar-refractivity contribution is 7.80. The maximum atomic E-state index is 6.48. The molecule has 0 saturated carbocycles. The Bertz CT molecular complexity index is 44.9. The van der Waals surface area contributed by atoms with E-state index in [1.165, 1.54) is 0 Å². The van der Waals surface area contributed by atoms with Gasteiger partial charge in [0.2, 0.25) is 0 Å². The zero-order valence-corrected chi connectivity index (χ0v) is 4.58. The van der Waals surface area contributed by atoms with E-state index in [4.69, 9.17) is 11.1 Å². The Morgan fingerprint density at radius 2 is 2.20 bits per heavy atom. The molecule has 0 aliphatic heterocycles. The van der Waals surface area contributed by atoms with Crippen molar-refractivity contribution in [3.05, 3.63) is 0 Å². The van der Waals surface area contributed by atoms with Gasteiger partial charge in [0, 0.05) is 0 Å². The van der Waals surface area contributed by atoms with Crippen LogP contribution in [0, 0.1) is 5.41 Å². The van der Waals surface area contributed by atoms with Crippen molar-refractivity contribution in [2.45, 2.75) is 0 Å². The summed E-state index contributed by atoms with van der Waals surface area (Å²) in [7, 11) is 3.31. The van der Waals surface area contributed by atoms with E-state index in [0.717, 1.165) is 0 Å². The van der Waals surface area contributed by atoms with Gasteiger partial charge in [0.15, 0.2) is 0 Å². The molecular formula is CH4N2PSi. The SMILES string of the molecule is N=C(N)P[Si]. The third kappa shape index (κ3) is 4.12. The molecule has 1 atom stereocenters. The first-order chi connectivity index (χ1) is 2.27. The van der Waals surface area contributed by atoms with Crippen LogP contribution in [0.1, 0.15) is 0 Å². The molecule has 3 radical (unpaired) electrons. The molecule has 0 saturated heterocycles. The maximum Gasteiger partial charge on any atom is 0.106 e. The van der Waals surface area contributed by atoms with Gasteiger partial charge >= 0.3 is 0 Å². The molecule has 4 heteroatoms. The largest absolute Gasteiger partial charge is 0.385 e. The quantitative estimate of drug-likeness (QED) is 0.202. The number of nitrogens with one attached hydrogen (secondary N) is 1. The minimum atomic E-state index is 0.196. The molecule has 0 rings (SSSR count). The summed E-state index contributed by atoms with van der Waals surface area (Å²) in [6.07, 6.45) is 0. The smallest absolute Gasteiger partial charge is 0.106 e. The molecule has 0 aromatic heterocycles. The van der Waals surface area contributed by atoms with Crippen LogP contribution in [0.2, 0.25) is 0 Å². The van der Waals surface area contributed by atoms with Gasteiger partial charge in [-0.25, -0.2) is 0 Å². The maximum absolute atomic E-state index is 6.48. The molecule has 3 N–H and O–H groups in total. The predicted octanol–water partition coefficient (Wildman–Crippen LogP) is -0.358. The number of amidine groups is 1. The average Bonchev–Trinajstić information content (AvgIpc) is 1.38. The molecule has 2 nitrogen and oxygen atoms in total. The van der Waals surface area contributed by atoms with Crippen molar-refractivity contribution in [1.29, 1.82) is 5.41 Å². The highest BCUT2D eigenvalue weighted by Crippen LogP contribution is 1.92. The van der Waals surface area contributed by atoms with Crippen LogP contribution in [0.5, 0.6) is 0 Å². The summed E-state index contributed by atoms with van der Waals surface area (Å²) in [6, 6.07) is 0. The van der Waals surface area contributed by atoms with Gasteiger partial charge in [-0.3, -0.25) is 5.41 Å². The van der Waals surface area contributed by atoms with E-state index in [0.29, 0.717) is 0 Å². The molecule has 0 fully saturated rings. The lowest BCUT2D eigenvalue weighted by molar-refractivity contribution is 1.51. The fourth-order valence-electron chi connectivity index (χ4n) is 0. The topological polar surface area (TPSA) is 49.9 Å². The molecule has 0 aliphatic rings. The minimum absolute atomic E-state index is 0.196. The normalized spacial score (nSPS) is 9.80. The number of hydrogen-bond acceptors (Lipinski definition) is 1. The van der Waals surface area contributed by atoms with Gasteiger partial charge in [0.25, 0.3) is 0 Å². The van der Waals surface area contributed by atoms with Crippen molar-refractivity contribution in [2.24, 2.45) is 5.73 Å². The molecule has 0 amide bonds. The van der Waals surface area contributed by atoms with Gasteiger partial charge in [-0.2, -0.15) is 0 Å². The Kier molecular flexibility index (Phi) is 2.41. The molecule has 0 spiro atoms. The van der Waals surface area contributed by atoms with E-state index >= 15 is 0 Å². The van der Waals surface area contributed by atoms with Crippen LogP contribution in [0.3, 0.4) is 0 Å². The van der Waals surface area contributed by atoms with Crippen molar-refractivity contribution in [2.75, 3.05) is 0 Å². The monoisotopic (exact) mass is 103 g/mol.